The lowest BCUT2D eigenvalue weighted by Gasteiger charge is -2.15. The first-order chi connectivity index (χ1) is 8.72. The van der Waals surface area contributed by atoms with Crippen molar-refractivity contribution < 1.29 is 14.6 Å². The van der Waals surface area contributed by atoms with Gasteiger partial charge in [-0.3, -0.25) is 4.98 Å². The summed E-state index contributed by atoms with van der Waals surface area (Å²) in [5, 5.41) is 9.84. The van der Waals surface area contributed by atoms with E-state index in [2.05, 4.69) is 4.98 Å². The van der Waals surface area contributed by atoms with E-state index in [4.69, 9.17) is 15.6 Å². The molecule has 0 saturated carbocycles. The van der Waals surface area contributed by atoms with Crippen LogP contribution in [0.3, 0.4) is 0 Å². The molecule has 0 saturated heterocycles. The Morgan fingerprint density at radius 1 is 1.39 bits per heavy atom. The molecule has 1 atom stereocenters. The second-order valence-corrected chi connectivity index (χ2v) is 3.85. The Hall–Kier alpha value is -2.14. The summed E-state index contributed by atoms with van der Waals surface area (Å²) in [5.74, 6) is -0.497. The molecule has 0 aliphatic carbocycles. The first-order valence-corrected chi connectivity index (χ1v) is 5.65. The molecule has 0 aliphatic rings. The number of carboxylic acids is 1. The minimum atomic E-state index is -1.01. The standard InChI is InChI=1S/C13H14N2O3/c14-7-6-12(13(16)17)18-11-5-1-4-10-9(11)3-2-8-15-10/h1-5,8,12H,6-7,14H2,(H,16,17). The van der Waals surface area contributed by atoms with Crippen LogP contribution in [0.5, 0.6) is 5.75 Å². The second-order valence-electron chi connectivity index (χ2n) is 3.85. The number of aromatic nitrogens is 1. The lowest BCUT2D eigenvalue weighted by Crippen LogP contribution is -2.29. The number of fused-ring (bicyclic) bond motifs is 1. The zero-order valence-corrected chi connectivity index (χ0v) is 9.74. The monoisotopic (exact) mass is 246 g/mol. The number of aliphatic carboxylic acids is 1. The number of ether oxygens (including phenoxy) is 1. The number of pyridine rings is 1. The van der Waals surface area contributed by atoms with Gasteiger partial charge >= 0.3 is 5.97 Å². The molecule has 3 N–H and O–H groups in total. The molecule has 0 amide bonds. The normalized spacial score (nSPS) is 12.3. The van der Waals surface area contributed by atoms with Gasteiger partial charge in [-0.25, -0.2) is 4.79 Å². The number of nitrogens with zero attached hydrogens (tertiary/aromatic N) is 1. The smallest absolute Gasteiger partial charge is 0.344 e. The van der Waals surface area contributed by atoms with Crippen LogP contribution < -0.4 is 10.5 Å². The highest BCUT2D eigenvalue weighted by Crippen LogP contribution is 2.25. The maximum absolute atomic E-state index is 11.0. The Morgan fingerprint density at radius 2 is 2.22 bits per heavy atom. The van der Waals surface area contributed by atoms with E-state index in [9.17, 15) is 4.79 Å². The van der Waals surface area contributed by atoms with Crippen molar-refractivity contribution in [1.82, 2.24) is 4.98 Å². The predicted molar refractivity (Wildman–Crippen MR) is 67.5 cm³/mol. The van der Waals surface area contributed by atoms with Crippen LogP contribution in [-0.4, -0.2) is 28.7 Å². The minimum Gasteiger partial charge on any atom is -0.479 e. The summed E-state index contributed by atoms with van der Waals surface area (Å²) in [4.78, 5) is 15.2. The van der Waals surface area contributed by atoms with Gasteiger partial charge in [-0.05, 0) is 30.8 Å². The molecule has 2 aromatic rings. The van der Waals surface area contributed by atoms with Crippen LogP contribution in [0.2, 0.25) is 0 Å². The SMILES string of the molecule is NCCC(Oc1cccc2ncccc12)C(=O)O. The number of carbonyl (C=O) groups is 1. The molecule has 2 rings (SSSR count). The van der Waals surface area contributed by atoms with Gasteiger partial charge in [0.15, 0.2) is 6.10 Å². The van der Waals surface area contributed by atoms with Crippen molar-refractivity contribution in [2.75, 3.05) is 6.54 Å². The van der Waals surface area contributed by atoms with Gasteiger partial charge in [-0.1, -0.05) is 6.07 Å². The van der Waals surface area contributed by atoms with Crippen molar-refractivity contribution in [3.8, 4) is 5.75 Å². The van der Waals surface area contributed by atoms with Gasteiger partial charge in [0.05, 0.1) is 5.52 Å². The second kappa shape index (κ2) is 5.46. The zero-order valence-electron chi connectivity index (χ0n) is 9.74. The van der Waals surface area contributed by atoms with Gasteiger partial charge < -0.3 is 15.6 Å². The highest BCUT2D eigenvalue weighted by Gasteiger charge is 2.19. The molecule has 0 aliphatic heterocycles. The molecule has 5 nitrogen and oxygen atoms in total. The molecular formula is C13H14N2O3. The van der Waals surface area contributed by atoms with Crippen molar-refractivity contribution in [3.63, 3.8) is 0 Å². The van der Waals surface area contributed by atoms with Crippen LogP contribution in [0.1, 0.15) is 6.42 Å². The summed E-state index contributed by atoms with van der Waals surface area (Å²) in [6, 6.07) is 9.00. The van der Waals surface area contributed by atoms with E-state index in [1.165, 1.54) is 0 Å². The van der Waals surface area contributed by atoms with E-state index in [0.717, 1.165) is 10.9 Å². The summed E-state index contributed by atoms with van der Waals surface area (Å²) in [6.45, 7) is 0.264. The molecule has 0 fully saturated rings. The van der Waals surface area contributed by atoms with Gasteiger partial charge in [0.1, 0.15) is 5.75 Å². The van der Waals surface area contributed by atoms with E-state index in [-0.39, 0.29) is 13.0 Å². The fraction of sp³-hybridized carbons (Fsp3) is 0.231. The average molecular weight is 246 g/mol. The van der Waals surface area contributed by atoms with E-state index < -0.39 is 12.1 Å². The van der Waals surface area contributed by atoms with Crippen LogP contribution in [0.25, 0.3) is 10.9 Å². The number of benzene rings is 1. The number of nitrogens with two attached hydrogens (primary N) is 1. The van der Waals surface area contributed by atoms with E-state index in [1.54, 1.807) is 24.4 Å². The van der Waals surface area contributed by atoms with E-state index in [1.807, 2.05) is 12.1 Å². The van der Waals surface area contributed by atoms with Crippen molar-refractivity contribution in [1.29, 1.82) is 0 Å². The lowest BCUT2D eigenvalue weighted by molar-refractivity contribution is -0.145. The lowest BCUT2D eigenvalue weighted by atomic mass is 10.2. The largest absolute Gasteiger partial charge is 0.479 e. The number of rotatable bonds is 5. The van der Waals surface area contributed by atoms with Crippen molar-refractivity contribution in [3.05, 3.63) is 36.5 Å². The summed E-state index contributed by atoms with van der Waals surface area (Å²) in [7, 11) is 0. The summed E-state index contributed by atoms with van der Waals surface area (Å²) < 4.78 is 5.51. The van der Waals surface area contributed by atoms with Crippen LogP contribution in [-0.2, 0) is 4.79 Å². The first-order valence-electron chi connectivity index (χ1n) is 5.65. The summed E-state index contributed by atoms with van der Waals surface area (Å²) in [5.41, 5.74) is 6.15. The third-order valence-electron chi connectivity index (χ3n) is 2.58. The molecule has 0 radical (unpaired) electrons. The fourth-order valence-electron chi connectivity index (χ4n) is 1.72. The van der Waals surface area contributed by atoms with Crippen LogP contribution in [0.15, 0.2) is 36.5 Å². The molecular weight excluding hydrogens is 232 g/mol. The fourth-order valence-corrected chi connectivity index (χ4v) is 1.72. The molecule has 1 aromatic carbocycles. The summed E-state index contributed by atoms with van der Waals surface area (Å²) in [6.07, 6.45) is 1.02. The van der Waals surface area contributed by atoms with Crippen LogP contribution in [0, 0.1) is 0 Å². The third kappa shape index (κ3) is 2.57. The molecule has 1 aromatic heterocycles. The molecule has 18 heavy (non-hydrogen) atoms. The molecule has 1 unspecified atom stereocenters. The molecule has 94 valence electrons. The highest BCUT2D eigenvalue weighted by atomic mass is 16.5. The Morgan fingerprint density at radius 3 is 2.94 bits per heavy atom. The van der Waals surface area contributed by atoms with Gasteiger partial charge in [-0.2, -0.15) is 0 Å². The Balaban J connectivity index is 2.33. The Bertz CT molecular complexity index is 551. The van der Waals surface area contributed by atoms with Crippen LogP contribution in [0.4, 0.5) is 0 Å². The van der Waals surface area contributed by atoms with Gasteiger partial charge in [0.2, 0.25) is 0 Å². The summed E-state index contributed by atoms with van der Waals surface area (Å²) >= 11 is 0. The average Bonchev–Trinajstić information content (AvgIpc) is 2.38. The highest BCUT2D eigenvalue weighted by molar-refractivity contribution is 5.85. The van der Waals surface area contributed by atoms with E-state index >= 15 is 0 Å². The zero-order chi connectivity index (χ0) is 13.0. The van der Waals surface area contributed by atoms with Gasteiger partial charge in [0.25, 0.3) is 0 Å². The van der Waals surface area contributed by atoms with Gasteiger partial charge in [-0.15, -0.1) is 0 Å². The van der Waals surface area contributed by atoms with Crippen molar-refractivity contribution in [2.24, 2.45) is 5.73 Å². The van der Waals surface area contributed by atoms with Gasteiger partial charge in [0, 0.05) is 18.0 Å². The number of carboxylic acid groups (broad SMARTS) is 1. The van der Waals surface area contributed by atoms with Crippen LogP contribution >= 0.6 is 0 Å². The molecule has 5 heteroatoms. The van der Waals surface area contributed by atoms with Crippen molar-refractivity contribution in [2.45, 2.75) is 12.5 Å². The predicted octanol–water partition coefficient (Wildman–Crippen LogP) is 1.42. The minimum absolute atomic E-state index is 0.264. The number of hydrogen-bond donors (Lipinski definition) is 2. The maximum Gasteiger partial charge on any atom is 0.344 e. The Labute approximate surface area is 104 Å². The molecule has 0 bridgehead atoms. The first kappa shape index (κ1) is 12.3. The quantitative estimate of drug-likeness (QED) is 0.833. The molecule has 1 heterocycles. The molecule has 0 spiro atoms. The topological polar surface area (TPSA) is 85.4 Å². The van der Waals surface area contributed by atoms with E-state index in [0.29, 0.717) is 5.75 Å². The van der Waals surface area contributed by atoms with Crippen molar-refractivity contribution >= 4 is 16.9 Å². The third-order valence-corrected chi connectivity index (χ3v) is 2.58. The number of hydrogen-bond acceptors (Lipinski definition) is 4. The Kier molecular flexibility index (Phi) is 3.74. The maximum atomic E-state index is 11.0.